The van der Waals surface area contributed by atoms with Crippen molar-refractivity contribution in [1.29, 1.82) is 0 Å². The standard InChI is InChI=1S/C14H17N3O/c1-18-11-5-2-10(3-6-11)4-7-13-12-8-9-15-14(12)17-16-13/h2-3,5-6H,4,7-9H2,1H3,(H2,15,16,17). The van der Waals surface area contributed by atoms with E-state index >= 15 is 0 Å². The van der Waals surface area contributed by atoms with Gasteiger partial charge in [-0.2, -0.15) is 5.10 Å². The Kier molecular flexibility index (Phi) is 2.92. The van der Waals surface area contributed by atoms with Gasteiger partial charge in [-0.25, -0.2) is 0 Å². The van der Waals surface area contributed by atoms with Crippen molar-refractivity contribution in [3.63, 3.8) is 0 Å². The van der Waals surface area contributed by atoms with E-state index in [2.05, 4.69) is 27.6 Å². The van der Waals surface area contributed by atoms with E-state index in [1.807, 2.05) is 12.1 Å². The van der Waals surface area contributed by atoms with Crippen molar-refractivity contribution >= 4 is 5.82 Å². The molecule has 4 nitrogen and oxygen atoms in total. The highest BCUT2D eigenvalue weighted by Crippen LogP contribution is 2.23. The number of aryl methyl sites for hydroxylation is 2. The minimum absolute atomic E-state index is 0.908. The number of rotatable bonds is 4. The number of fused-ring (bicyclic) bond motifs is 1. The fraction of sp³-hybridized carbons (Fsp3) is 0.357. The molecule has 2 heterocycles. The molecule has 0 fully saturated rings. The van der Waals surface area contributed by atoms with Crippen LogP contribution in [-0.2, 0) is 19.3 Å². The fourth-order valence-electron chi connectivity index (χ4n) is 2.39. The van der Waals surface area contributed by atoms with Crippen molar-refractivity contribution in [3.8, 4) is 5.75 Å². The van der Waals surface area contributed by atoms with Crippen molar-refractivity contribution in [1.82, 2.24) is 10.2 Å². The first-order valence-corrected chi connectivity index (χ1v) is 6.30. The van der Waals surface area contributed by atoms with E-state index in [1.54, 1.807) is 7.11 Å². The summed E-state index contributed by atoms with van der Waals surface area (Å²) in [5.41, 5.74) is 3.96. The van der Waals surface area contributed by atoms with Crippen LogP contribution in [0.4, 0.5) is 5.82 Å². The van der Waals surface area contributed by atoms with Crippen LogP contribution in [0.15, 0.2) is 24.3 Å². The molecule has 0 saturated heterocycles. The molecule has 0 saturated carbocycles. The Morgan fingerprint density at radius 3 is 2.83 bits per heavy atom. The molecule has 1 aromatic heterocycles. The van der Waals surface area contributed by atoms with Gasteiger partial charge in [-0.05, 0) is 37.0 Å². The maximum absolute atomic E-state index is 5.16. The first-order chi connectivity index (χ1) is 8.86. The first kappa shape index (κ1) is 11.1. The SMILES string of the molecule is COc1ccc(CCc2[nH]nc3c2CCN3)cc1. The Hall–Kier alpha value is -1.97. The second-order valence-electron chi connectivity index (χ2n) is 4.55. The van der Waals surface area contributed by atoms with Crippen LogP contribution >= 0.6 is 0 Å². The van der Waals surface area contributed by atoms with Gasteiger partial charge in [-0.1, -0.05) is 12.1 Å². The van der Waals surface area contributed by atoms with Crippen LogP contribution in [0.2, 0.25) is 0 Å². The van der Waals surface area contributed by atoms with E-state index in [0.717, 1.165) is 37.4 Å². The van der Waals surface area contributed by atoms with Gasteiger partial charge in [0.15, 0.2) is 5.82 Å². The third-order valence-corrected chi connectivity index (χ3v) is 3.44. The number of aromatic nitrogens is 2. The molecule has 0 radical (unpaired) electrons. The molecule has 1 aromatic carbocycles. The molecule has 1 aliphatic rings. The summed E-state index contributed by atoms with van der Waals surface area (Å²) in [6.45, 7) is 1.02. The molecular formula is C14H17N3O. The summed E-state index contributed by atoms with van der Waals surface area (Å²) < 4.78 is 5.16. The van der Waals surface area contributed by atoms with Crippen LogP contribution in [-0.4, -0.2) is 23.9 Å². The lowest BCUT2D eigenvalue weighted by Crippen LogP contribution is -1.98. The zero-order valence-corrected chi connectivity index (χ0v) is 10.5. The summed E-state index contributed by atoms with van der Waals surface area (Å²) in [5, 5.41) is 10.7. The molecule has 94 valence electrons. The normalized spacial score (nSPS) is 13.2. The summed E-state index contributed by atoms with van der Waals surface area (Å²) in [4.78, 5) is 0. The van der Waals surface area contributed by atoms with Gasteiger partial charge < -0.3 is 10.1 Å². The first-order valence-electron chi connectivity index (χ1n) is 6.30. The zero-order chi connectivity index (χ0) is 12.4. The maximum atomic E-state index is 5.16. The molecule has 0 bridgehead atoms. The van der Waals surface area contributed by atoms with E-state index in [4.69, 9.17) is 4.74 Å². The van der Waals surface area contributed by atoms with Gasteiger partial charge >= 0.3 is 0 Å². The van der Waals surface area contributed by atoms with Crippen LogP contribution < -0.4 is 10.1 Å². The number of ether oxygens (including phenoxy) is 1. The van der Waals surface area contributed by atoms with Gasteiger partial charge in [0.25, 0.3) is 0 Å². The minimum Gasteiger partial charge on any atom is -0.497 e. The van der Waals surface area contributed by atoms with Gasteiger partial charge in [0.2, 0.25) is 0 Å². The Bertz CT molecular complexity index is 530. The molecule has 0 aliphatic carbocycles. The number of aromatic amines is 1. The summed E-state index contributed by atoms with van der Waals surface area (Å²) in [7, 11) is 1.69. The lowest BCUT2D eigenvalue weighted by atomic mass is 10.1. The molecule has 0 unspecified atom stereocenters. The van der Waals surface area contributed by atoms with E-state index < -0.39 is 0 Å². The Morgan fingerprint density at radius 1 is 1.22 bits per heavy atom. The molecule has 0 amide bonds. The van der Waals surface area contributed by atoms with Crippen molar-refractivity contribution in [2.75, 3.05) is 19.0 Å². The van der Waals surface area contributed by atoms with E-state index in [1.165, 1.54) is 16.8 Å². The molecule has 1 aliphatic heterocycles. The highest BCUT2D eigenvalue weighted by Gasteiger charge is 2.17. The van der Waals surface area contributed by atoms with E-state index in [9.17, 15) is 0 Å². The van der Waals surface area contributed by atoms with Gasteiger partial charge in [-0.3, -0.25) is 5.10 Å². The molecule has 0 spiro atoms. The molecule has 4 heteroatoms. The predicted molar refractivity (Wildman–Crippen MR) is 71.2 cm³/mol. The van der Waals surface area contributed by atoms with Crippen LogP contribution in [0.25, 0.3) is 0 Å². The number of nitrogens with zero attached hydrogens (tertiary/aromatic N) is 1. The summed E-state index contributed by atoms with van der Waals surface area (Å²) in [6, 6.07) is 8.25. The van der Waals surface area contributed by atoms with Crippen LogP contribution in [0.5, 0.6) is 5.75 Å². The third-order valence-electron chi connectivity index (χ3n) is 3.44. The van der Waals surface area contributed by atoms with Gasteiger partial charge in [0, 0.05) is 17.8 Å². The maximum Gasteiger partial charge on any atom is 0.151 e. The van der Waals surface area contributed by atoms with Crippen LogP contribution in [0.3, 0.4) is 0 Å². The Morgan fingerprint density at radius 2 is 2.06 bits per heavy atom. The van der Waals surface area contributed by atoms with Crippen molar-refractivity contribution in [3.05, 3.63) is 41.1 Å². The topological polar surface area (TPSA) is 49.9 Å². The lowest BCUT2D eigenvalue weighted by molar-refractivity contribution is 0.414. The summed E-state index contributed by atoms with van der Waals surface area (Å²) >= 11 is 0. The average molecular weight is 243 g/mol. The molecule has 2 N–H and O–H groups in total. The number of benzene rings is 1. The monoisotopic (exact) mass is 243 g/mol. The average Bonchev–Trinajstić information content (AvgIpc) is 3.00. The second-order valence-corrected chi connectivity index (χ2v) is 4.55. The fourth-order valence-corrected chi connectivity index (χ4v) is 2.39. The number of hydrogen-bond acceptors (Lipinski definition) is 3. The number of hydrogen-bond donors (Lipinski definition) is 2. The van der Waals surface area contributed by atoms with E-state index in [0.29, 0.717) is 0 Å². The lowest BCUT2D eigenvalue weighted by Gasteiger charge is -2.03. The van der Waals surface area contributed by atoms with Crippen LogP contribution in [0, 0.1) is 0 Å². The molecule has 2 aromatic rings. The summed E-state index contributed by atoms with van der Waals surface area (Å²) in [5.74, 6) is 1.95. The minimum atomic E-state index is 0.908. The van der Waals surface area contributed by atoms with Gasteiger partial charge in [0.1, 0.15) is 5.75 Å². The van der Waals surface area contributed by atoms with E-state index in [-0.39, 0.29) is 0 Å². The number of nitrogens with one attached hydrogen (secondary N) is 2. The number of methoxy groups -OCH3 is 1. The largest absolute Gasteiger partial charge is 0.497 e. The van der Waals surface area contributed by atoms with Crippen molar-refractivity contribution < 1.29 is 4.74 Å². The van der Waals surface area contributed by atoms with Crippen molar-refractivity contribution in [2.45, 2.75) is 19.3 Å². The number of anilines is 1. The van der Waals surface area contributed by atoms with Gasteiger partial charge in [0.05, 0.1) is 7.11 Å². The quantitative estimate of drug-likeness (QED) is 0.865. The third kappa shape index (κ3) is 2.06. The van der Waals surface area contributed by atoms with Gasteiger partial charge in [-0.15, -0.1) is 0 Å². The smallest absolute Gasteiger partial charge is 0.151 e. The molecule has 0 atom stereocenters. The van der Waals surface area contributed by atoms with Crippen molar-refractivity contribution in [2.24, 2.45) is 0 Å². The zero-order valence-electron chi connectivity index (χ0n) is 10.5. The molecule has 18 heavy (non-hydrogen) atoms. The predicted octanol–water partition coefficient (Wildman–Crippen LogP) is 2.17. The van der Waals surface area contributed by atoms with Crippen LogP contribution in [0.1, 0.15) is 16.8 Å². The highest BCUT2D eigenvalue weighted by molar-refractivity contribution is 5.51. The second kappa shape index (κ2) is 4.72. The Balaban J connectivity index is 1.66. The number of H-pyrrole nitrogens is 1. The molecular weight excluding hydrogens is 226 g/mol. The molecule has 3 rings (SSSR count). The Labute approximate surface area is 106 Å². The summed E-state index contributed by atoms with van der Waals surface area (Å²) in [6.07, 6.45) is 3.12. The highest BCUT2D eigenvalue weighted by atomic mass is 16.5.